The van der Waals surface area contributed by atoms with Crippen LogP contribution in [0.1, 0.15) is 0 Å². The smallest absolute Gasteiger partial charge is 0.266 e. The second-order valence-corrected chi connectivity index (χ2v) is 6.49. The highest BCUT2D eigenvalue weighted by Crippen LogP contribution is 2.18. The van der Waals surface area contributed by atoms with Gasteiger partial charge in [-0.1, -0.05) is 30.2 Å². The van der Waals surface area contributed by atoms with Crippen LogP contribution in [0.4, 0.5) is 5.69 Å². The molecule has 2 aromatic rings. The summed E-state index contributed by atoms with van der Waals surface area (Å²) in [5, 5.41) is 3.14. The van der Waals surface area contributed by atoms with Gasteiger partial charge in [-0.05, 0) is 23.6 Å². The van der Waals surface area contributed by atoms with Gasteiger partial charge in [-0.3, -0.25) is 5.01 Å². The normalized spacial score (nSPS) is 10.9. The Bertz CT molecular complexity index is 658. The number of para-hydroxylation sites is 1. The van der Waals surface area contributed by atoms with Gasteiger partial charge in [0.1, 0.15) is 4.21 Å². The van der Waals surface area contributed by atoms with Crippen LogP contribution < -0.4 is 9.84 Å². The number of anilines is 1. The van der Waals surface area contributed by atoms with Crippen LogP contribution in [0.25, 0.3) is 0 Å². The van der Waals surface area contributed by atoms with Crippen LogP contribution in [-0.2, 0) is 10.0 Å². The first-order chi connectivity index (χ1) is 9.13. The van der Waals surface area contributed by atoms with Crippen molar-refractivity contribution in [2.24, 2.45) is 0 Å². The van der Waals surface area contributed by atoms with E-state index in [-0.39, 0.29) is 10.8 Å². The zero-order valence-corrected chi connectivity index (χ0v) is 11.6. The Morgan fingerprint density at radius 2 is 1.95 bits per heavy atom. The van der Waals surface area contributed by atoms with Gasteiger partial charge in [-0.15, -0.1) is 22.6 Å². The zero-order valence-electron chi connectivity index (χ0n) is 9.98. The first-order valence-corrected chi connectivity index (χ1v) is 7.82. The number of benzene rings is 1. The largest absolute Gasteiger partial charge is 0.283 e. The highest BCUT2D eigenvalue weighted by atomic mass is 32.2. The lowest BCUT2D eigenvalue weighted by molar-refractivity contribution is 0.581. The molecule has 0 fully saturated rings. The number of hydrogen-bond acceptors (Lipinski definition) is 4. The zero-order chi connectivity index (χ0) is 13.7. The van der Waals surface area contributed by atoms with E-state index in [4.69, 9.17) is 6.42 Å². The highest BCUT2D eigenvalue weighted by Gasteiger charge is 2.19. The second-order valence-electron chi connectivity index (χ2n) is 3.65. The summed E-state index contributed by atoms with van der Waals surface area (Å²) in [5.41, 5.74) is 0.695. The van der Waals surface area contributed by atoms with Gasteiger partial charge in [0, 0.05) is 0 Å². The Hall–Kier alpha value is -1.81. The molecule has 0 amide bonds. The quantitative estimate of drug-likeness (QED) is 0.678. The van der Waals surface area contributed by atoms with Crippen molar-refractivity contribution in [2.45, 2.75) is 4.21 Å². The number of sulfonamides is 1. The van der Waals surface area contributed by atoms with Gasteiger partial charge >= 0.3 is 0 Å². The molecular weight excluding hydrogens is 280 g/mol. The van der Waals surface area contributed by atoms with Crippen LogP contribution in [0, 0.1) is 12.3 Å². The lowest BCUT2D eigenvalue weighted by Crippen LogP contribution is -2.42. The summed E-state index contributed by atoms with van der Waals surface area (Å²) in [7, 11) is -3.59. The lowest BCUT2D eigenvalue weighted by Gasteiger charge is -2.22. The van der Waals surface area contributed by atoms with E-state index in [1.54, 1.807) is 29.6 Å². The molecule has 19 heavy (non-hydrogen) atoms. The average Bonchev–Trinajstić information content (AvgIpc) is 2.94. The standard InChI is InChI=1S/C13H12N2O2S2/c1-2-10-15(12-7-4-3-5-8-12)14-19(16,17)13-9-6-11-18-13/h1,3-9,11,14H,10H2. The van der Waals surface area contributed by atoms with E-state index in [2.05, 4.69) is 10.8 Å². The first-order valence-electron chi connectivity index (χ1n) is 5.45. The highest BCUT2D eigenvalue weighted by molar-refractivity contribution is 7.91. The summed E-state index contributed by atoms with van der Waals surface area (Å²) in [6, 6.07) is 12.3. The molecule has 6 heteroatoms. The molecular formula is C13H12N2O2S2. The Morgan fingerprint density at radius 3 is 2.53 bits per heavy atom. The van der Waals surface area contributed by atoms with E-state index >= 15 is 0 Å². The fourth-order valence-electron chi connectivity index (χ4n) is 1.48. The van der Waals surface area contributed by atoms with Crippen LogP contribution in [0.3, 0.4) is 0 Å². The van der Waals surface area contributed by atoms with Gasteiger partial charge in [0.15, 0.2) is 0 Å². The number of nitrogens with one attached hydrogen (secondary N) is 1. The van der Waals surface area contributed by atoms with Crippen molar-refractivity contribution < 1.29 is 8.42 Å². The molecule has 1 aromatic carbocycles. The maximum Gasteiger partial charge on any atom is 0.266 e. The van der Waals surface area contributed by atoms with E-state index in [0.29, 0.717) is 5.69 Å². The van der Waals surface area contributed by atoms with Crippen LogP contribution in [0.15, 0.2) is 52.1 Å². The van der Waals surface area contributed by atoms with Gasteiger partial charge in [0.05, 0.1) is 12.2 Å². The molecule has 4 nitrogen and oxygen atoms in total. The molecule has 1 N–H and O–H groups in total. The molecule has 0 atom stereocenters. The minimum absolute atomic E-state index is 0.147. The van der Waals surface area contributed by atoms with Crippen LogP contribution in [0.5, 0.6) is 0 Å². The van der Waals surface area contributed by atoms with Gasteiger partial charge < -0.3 is 0 Å². The SMILES string of the molecule is C#CCN(NS(=O)(=O)c1cccs1)c1ccccc1. The summed E-state index contributed by atoms with van der Waals surface area (Å²) < 4.78 is 24.5. The lowest BCUT2D eigenvalue weighted by atomic mass is 10.3. The summed E-state index contributed by atoms with van der Waals surface area (Å²) in [6.07, 6.45) is 5.28. The number of nitrogens with zero attached hydrogens (tertiary/aromatic N) is 1. The molecule has 2 rings (SSSR count). The van der Waals surface area contributed by atoms with Crippen LogP contribution in [-0.4, -0.2) is 15.0 Å². The number of rotatable bonds is 5. The Balaban J connectivity index is 2.26. The molecule has 0 aliphatic carbocycles. The van der Waals surface area contributed by atoms with E-state index in [1.807, 2.05) is 18.2 Å². The average molecular weight is 292 g/mol. The predicted molar refractivity (Wildman–Crippen MR) is 77.3 cm³/mol. The van der Waals surface area contributed by atoms with Crippen molar-refractivity contribution in [1.29, 1.82) is 0 Å². The third kappa shape index (κ3) is 3.35. The van der Waals surface area contributed by atoms with Gasteiger partial charge in [-0.2, -0.15) is 0 Å². The number of thiophene rings is 1. The van der Waals surface area contributed by atoms with Crippen LogP contribution in [0.2, 0.25) is 0 Å². The number of hydrazine groups is 1. The van der Waals surface area contributed by atoms with Crippen molar-refractivity contribution in [1.82, 2.24) is 4.83 Å². The molecule has 0 saturated carbocycles. The molecule has 0 bridgehead atoms. The number of hydrogen-bond donors (Lipinski definition) is 1. The third-order valence-electron chi connectivity index (χ3n) is 2.31. The summed E-state index contributed by atoms with van der Waals surface area (Å²) >= 11 is 1.16. The maximum absolute atomic E-state index is 12.1. The minimum Gasteiger partial charge on any atom is -0.283 e. The van der Waals surface area contributed by atoms with Gasteiger partial charge in [0.25, 0.3) is 10.0 Å². The Morgan fingerprint density at radius 1 is 1.21 bits per heavy atom. The topological polar surface area (TPSA) is 49.4 Å². The molecule has 0 spiro atoms. The van der Waals surface area contributed by atoms with E-state index in [1.165, 1.54) is 5.01 Å². The molecule has 1 aromatic heterocycles. The fraction of sp³-hybridized carbons (Fsp3) is 0.0769. The Kier molecular flexibility index (Phi) is 4.22. The van der Waals surface area contributed by atoms with Gasteiger partial charge in [-0.25, -0.2) is 8.42 Å². The molecule has 98 valence electrons. The molecule has 0 saturated heterocycles. The van der Waals surface area contributed by atoms with E-state index in [0.717, 1.165) is 11.3 Å². The summed E-state index contributed by atoms with van der Waals surface area (Å²) in [4.78, 5) is 2.49. The van der Waals surface area contributed by atoms with Crippen LogP contribution >= 0.6 is 11.3 Å². The van der Waals surface area contributed by atoms with Crippen molar-refractivity contribution in [3.63, 3.8) is 0 Å². The Labute approximate surface area is 116 Å². The van der Waals surface area contributed by atoms with E-state index in [9.17, 15) is 8.42 Å². The monoisotopic (exact) mass is 292 g/mol. The molecule has 0 unspecified atom stereocenters. The third-order valence-corrected chi connectivity index (χ3v) is 5.04. The van der Waals surface area contributed by atoms with E-state index < -0.39 is 10.0 Å². The first kappa shape index (κ1) is 13.6. The minimum atomic E-state index is -3.59. The molecule has 0 aliphatic heterocycles. The van der Waals surface area contributed by atoms with Crippen molar-refractivity contribution in [3.8, 4) is 12.3 Å². The maximum atomic E-state index is 12.1. The molecule has 0 radical (unpaired) electrons. The second kappa shape index (κ2) is 5.89. The van der Waals surface area contributed by atoms with Crippen molar-refractivity contribution >= 4 is 27.0 Å². The van der Waals surface area contributed by atoms with Crippen molar-refractivity contribution in [2.75, 3.05) is 11.6 Å². The molecule has 0 aliphatic rings. The summed E-state index contributed by atoms with van der Waals surface area (Å²) in [5.74, 6) is 2.44. The fourth-order valence-corrected chi connectivity index (χ4v) is 3.52. The number of terminal acetylenes is 1. The predicted octanol–water partition coefficient (Wildman–Crippen LogP) is 2.08. The van der Waals surface area contributed by atoms with Crippen molar-refractivity contribution in [3.05, 3.63) is 47.8 Å². The summed E-state index contributed by atoms with van der Waals surface area (Å²) in [6.45, 7) is 0.147. The van der Waals surface area contributed by atoms with Gasteiger partial charge in [0.2, 0.25) is 0 Å². The molecule has 1 heterocycles.